The molecule has 3 heteroatoms. The maximum atomic E-state index is 13.6. The van der Waals surface area contributed by atoms with Crippen molar-refractivity contribution >= 4 is 0 Å². The molecule has 0 aromatic heterocycles. The molecule has 0 aromatic carbocycles. The predicted molar refractivity (Wildman–Crippen MR) is 56.2 cm³/mol. The van der Waals surface area contributed by atoms with Crippen LogP contribution < -0.4 is 5.32 Å². The van der Waals surface area contributed by atoms with Crippen molar-refractivity contribution < 1.29 is 4.39 Å². The first-order valence-corrected chi connectivity index (χ1v) is 5.78. The Morgan fingerprint density at radius 1 is 1.57 bits per heavy atom. The van der Waals surface area contributed by atoms with Crippen molar-refractivity contribution in [1.82, 2.24) is 10.2 Å². The smallest absolute Gasteiger partial charge is 0.122 e. The molecule has 0 saturated carbocycles. The Hall–Kier alpha value is -0.150. The Morgan fingerprint density at radius 2 is 2.43 bits per heavy atom. The summed E-state index contributed by atoms with van der Waals surface area (Å²) < 4.78 is 13.6. The summed E-state index contributed by atoms with van der Waals surface area (Å²) in [5, 5.41) is 3.41. The van der Waals surface area contributed by atoms with Crippen LogP contribution in [0.5, 0.6) is 0 Å². The summed E-state index contributed by atoms with van der Waals surface area (Å²) in [5.74, 6) is 0.748. The zero-order valence-corrected chi connectivity index (χ0v) is 9.06. The minimum absolute atomic E-state index is 0.642. The number of likely N-dealkylation sites (tertiary alicyclic amines) is 1. The van der Waals surface area contributed by atoms with Crippen molar-refractivity contribution in [3.63, 3.8) is 0 Å². The van der Waals surface area contributed by atoms with Crippen molar-refractivity contribution in [2.45, 2.75) is 31.9 Å². The molecule has 0 aliphatic carbocycles. The first-order valence-electron chi connectivity index (χ1n) is 5.78. The van der Waals surface area contributed by atoms with E-state index in [1.807, 2.05) is 0 Å². The highest BCUT2D eigenvalue weighted by Crippen LogP contribution is 2.26. The minimum Gasteiger partial charge on any atom is -0.316 e. The van der Waals surface area contributed by atoms with Crippen molar-refractivity contribution in [2.75, 3.05) is 32.7 Å². The van der Waals surface area contributed by atoms with Gasteiger partial charge in [-0.2, -0.15) is 0 Å². The number of piperidine rings is 1. The molecule has 2 atom stereocenters. The van der Waals surface area contributed by atoms with Crippen LogP contribution in [-0.2, 0) is 0 Å². The van der Waals surface area contributed by atoms with Gasteiger partial charge in [0.05, 0.1) is 0 Å². The third-order valence-corrected chi connectivity index (χ3v) is 3.42. The Kier molecular flexibility index (Phi) is 3.07. The highest BCUT2D eigenvalue weighted by molar-refractivity contribution is 4.87. The average Bonchev–Trinajstić information content (AvgIpc) is 2.47. The molecular formula is C11H21FN2. The van der Waals surface area contributed by atoms with Gasteiger partial charge in [-0.15, -0.1) is 0 Å². The van der Waals surface area contributed by atoms with Crippen LogP contribution in [0.4, 0.5) is 4.39 Å². The molecule has 14 heavy (non-hydrogen) atoms. The normalized spacial score (nSPS) is 40.3. The molecular weight excluding hydrogens is 179 g/mol. The molecule has 82 valence electrons. The molecule has 2 saturated heterocycles. The van der Waals surface area contributed by atoms with Gasteiger partial charge < -0.3 is 5.32 Å². The maximum Gasteiger partial charge on any atom is 0.122 e. The van der Waals surface area contributed by atoms with Gasteiger partial charge in [0.25, 0.3) is 0 Å². The number of rotatable bonds is 2. The SMILES string of the molecule is CC1(F)CCN(CC2CCCNC2)C1. The fourth-order valence-corrected chi connectivity index (χ4v) is 2.62. The van der Waals surface area contributed by atoms with Crippen LogP contribution in [0.15, 0.2) is 0 Å². The molecule has 2 heterocycles. The van der Waals surface area contributed by atoms with Crippen LogP contribution in [0, 0.1) is 5.92 Å². The van der Waals surface area contributed by atoms with E-state index >= 15 is 0 Å². The van der Waals surface area contributed by atoms with Crippen molar-refractivity contribution in [2.24, 2.45) is 5.92 Å². The second-order valence-corrected chi connectivity index (χ2v) is 5.11. The molecule has 0 radical (unpaired) electrons. The number of hydrogen-bond donors (Lipinski definition) is 1. The van der Waals surface area contributed by atoms with Crippen LogP contribution in [0.1, 0.15) is 26.2 Å². The number of nitrogens with one attached hydrogen (secondary N) is 1. The number of halogens is 1. The van der Waals surface area contributed by atoms with E-state index in [9.17, 15) is 4.39 Å². The summed E-state index contributed by atoms with van der Waals surface area (Å²) in [6, 6.07) is 0. The summed E-state index contributed by atoms with van der Waals surface area (Å²) >= 11 is 0. The molecule has 2 aliphatic rings. The lowest BCUT2D eigenvalue weighted by atomic mass is 9.99. The summed E-state index contributed by atoms with van der Waals surface area (Å²) in [4.78, 5) is 2.29. The largest absolute Gasteiger partial charge is 0.316 e. The van der Waals surface area contributed by atoms with Crippen LogP contribution in [0.2, 0.25) is 0 Å². The van der Waals surface area contributed by atoms with E-state index in [1.54, 1.807) is 6.92 Å². The Balaban J connectivity index is 1.75. The molecule has 2 fully saturated rings. The monoisotopic (exact) mass is 200 g/mol. The van der Waals surface area contributed by atoms with Gasteiger partial charge in [-0.1, -0.05) is 0 Å². The average molecular weight is 200 g/mol. The standard InChI is InChI=1S/C11H21FN2/c1-11(12)4-6-14(9-11)8-10-3-2-5-13-7-10/h10,13H,2-9H2,1H3. The maximum absolute atomic E-state index is 13.6. The summed E-state index contributed by atoms with van der Waals surface area (Å²) in [7, 11) is 0. The van der Waals surface area contributed by atoms with E-state index < -0.39 is 5.67 Å². The topological polar surface area (TPSA) is 15.3 Å². The van der Waals surface area contributed by atoms with Crippen LogP contribution in [0.25, 0.3) is 0 Å². The summed E-state index contributed by atoms with van der Waals surface area (Å²) in [6.45, 7) is 6.70. The molecule has 1 N–H and O–H groups in total. The van der Waals surface area contributed by atoms with Crippen LogP contribution in [-0.4, -0.2) is 43.3 Å². The van der Waals surface area contributed by atoms with Crippen LogP contribution >= 0.6 is 0 Å². The third kappa shape index (κ3) is 2.67. The molecule has 0 amide bonds. The van der Waals surface area contributed by atoms with Gasteiger partial charge in [0.1, 0.15) is 5.67 Å². The van der Waals surface area contributed by atoms with E-state index in [4.69, 9.17) is 0 Å². The highest BCUT2D eigenvalue weighted by atomic mass is 19.1. The molecule has 0 bridgehead atoms. The first kappa shape index (κ1) is 10.4. The van der Waals surface area contributed by atoms with E-state index in [0.29, 0.717) is 13.0 Å². The first-order chi connectivity index (χ1) is 6.66. The van der Waals surface area contributed by atoms with Gasteiger partial charge >= 0.3 is 0 Å². The minimum atomic E-state index is -0.928. The highest BCUT2D eigenvalue weighted by Gasteiger charge is 2.34. The zero-order valence-electron chi connectivity index (χ0n) is 9.06. The van der Waals surface area contributed by atoms with Gasteiger partial charge in [-0.3, -0.25) is 4.90 Å². The van der Waals surface area contributed by atoms with E-state index in [1.165, 1.54) is 12.8 Å². The Bertz CT molecular complexity index is 188. The Labute approximate surface area is 85.9 Å². The quantitative estimate of drug-likeness (QED) is 0.725. The van der Waals surface area contributed by atoms with Gasteiger partial charge in [0.2, 0.25) is 0 Å². The Morgan fingerprint density at radius 3 is 3.00 bits per heavy atom. The fraction of sp³-hybridized carbons (Fsp3) is 1.00. The lowest BCUT2D eigenvalue weighted by Crippen LogP contribution is -2.38. The number of nitrogens with zero attached hydrogens (tertiary/aromatic N) is 1. The zero-order chi connectivity index (χ0) is 10.0. The van der Waals surface area contributed by atoms with Gasteiger partial charge in [0.15, 0.2) is 0 Å². The fourth-order valence-electron chi connectivity index (χ4n) is 2.62. The molecule has 2 rings (SSSR count). The summed E-state index contributed by atoms with van der Waals surface area (Å²) in [6.07, 6.45) is 3.31. The van der Waals surface area contributed by atoms with Crippen molar-refractivity contribution in [3.05, 3.63) is 0 Å². The molecule has 0 aromatic rings. The van der Waals surface area contributed by atoms with Gasteiger partial charge in [-0.25, -0.2) is 4.39 Å². The van der Waals surface area contributed by atoms with Gasteiger partial charge in [0, 0.05) is 19.6 Å². The second kappa shape index (κ2) is 4.15. The predicted octanol–water partition coefficient (Wildman–Crippen LogP) is 1.42. The van der Waals surface area contributed by atoms with Crippen molar-refractivity contribution in [1.29, 1.82) is 0 Å². The van der Waals surface area contributed by atoms with E-state index in [-0.39, 0.29) is 0 Å². The van der Waals surface area contributed by atoms with E-state index in [0.717, 1.165) is 32.1 Å². The van der Waals surface area contributed by atoms with Crippen LogP contribution in [0.3, 0.4) is 0 Å². The second-order valence-electron chi connectivity index (χ2n) is 5.11. The molecule has 0 spiro atoms. The summed E-state index contributed by atoms with van der Waals surface area (Å²) in [5.41, 5.74) is -0.928. The molecule has 2 aliphatic heterocycles. The van der Waals surface area contributed by atoms with Crippen molar-refractivity contribution in [3.8, 4) is 0 Å². The molecule has 2 unspecified atom stereocenters. The molecule has 2 nitrogen and oxygen atoms in total. The van der Waals surface area contributed by atoms with E-state index in [2.05, 4.69) is 10.2 Å². The lowest BCUT2D eigenvalue weighted by molar-refractivity contribution is 0.173. The number of alkyl halides is 1. The number of hydrogen-bond acceptors (Lipinski definition) is 2. The third-order valence-electron chi connectivity index (χ3n) is 3.42. The van der Waals surface area contributed by atoms with Gasteiger partial charge in [-0.05, 0) is 45.2 Å². The lowest BCUT2D eigenvalue weighted by Gasteiger charge is -2.27.